The minimum absolute atomic E-state index is 0. The van der Waals surface area contributed by atoms with Gasteiger partial charge in [-0.25, -0.2) is 0 Å². The third-order valence-electron chi connectivity index (χ3n) is 3.82. The summed E-state index contributed by atoms with van der Waals surface area (Å²) in [6, 6.07) is 14.5. The summed E-state index contributed by atoms with van der Waals surface area (Å²) in [5.74, 6) is 3.10. The molecule has 1 heterocycles. The van der Waals surface area contributed by atoms with Crippen LogP contribution < -0.4 is 10.6 Å². The van der Waals surface area contributed by atoms with E-state index in [4.69, 9.17) is 9.41 Å². The molecule has 0 fully saturated rings. The Labute approximate surface area is 178 Å². The zero-order valence-electron chi connectivity index (χ0n) is 15.4. The van der Waals surface area contributed by atoms with Crippen LogP contribution in [-0.2, 0) is 12.8 Å². The number of halogens is 1. The summed E-state index contributed by atoms with van der Waals surface area (Å²) in [5.41, 5.74) is 1.34. The maximum Gasteiger partial charge on any atom is 0.191 e. The summed E-state index contributed by atoms with van der Waals surface area (Å²) in [6.45, 7) is 2.55. The molecule has 0 saturated carbocycles. The third kappa shape index (κ3) is 10.1. The molecule has 0 amide bonds. The molecule has 1 aromatic heterocycles. The minimum atomic E-state index is 0. The van der Waals surface area contributed by atoms with Gasteiger partial charge in [-0.05, 0) is 49.0 Å². The lowest BCUT2D eigenvalue weighted by atomic mass is 10.1. The van der Waals surface area contributed by atoms with Crippen LogP contribution in [0, 0.1) is 0 Å². The molecule has 1 aromatic carbocycles. The van der Waals surface area contributed by atoms with Crippen molar-refractivity contribution in [3.63, 3.8) is 0 Å². The van der Waals surface area contributed by atoms with Gasteiger partial charge in [0.25, 0.3) is 0 Å². The topological polar surface area (TPSA) is 49.6 Å². The summed E-state index contributed by atoms with van der Waals surface area (Å²) >= 11 is 1.89. The molecule has 2 rings (SSSR count). The van der Waals surface area contributed by atoms with Gasteiger partial charge in [0.05, 0.1) is 6.26 Å². The fraction of sp³-hybridized carbons (Fsp3) is 0.450. The van der Waals surface area contributed by atoms with Crippen molar-refractivity contribution in [3.05, 3.63) is 60.1 Å². The standard InChI is InChI=1S/C20H29N3OS.HI/c1-25-17-6-5-13-21-20(23-15-12-19-10-7-16-24-19)22-14-11-18-8-3-2-4-9-18;/h2-4,7-10,16H,5-6,11-15,17H2,1H3,(H2,21,22,23);1H. The van der Waals surface area contributed by atoms with Crippen LogP contribution in [0.5, 0.6) is 0 Å². The molecule has 144 valence electrons. The molecule has 0 radical (unpaired) electrons. The summed E-state index contributed by atoms with van der Waals surface area (Å²) in [4.78, 5) is 4.70. The fourth-order valence-corrected chi connectivity index (χ4v) is 2.95. The van der Waals surface area contributed by atoms with Gasteiger partial charge in [-0.1, -0.05) is 30.3 Å². The zero-order chi connectivity index (χ0) is 17.6. The quantitative estimate of drug-likeness (QED) is 0.214. The molecule has 0 bridgehead atoms. The molecular formula is C20H30IN3OS. The number of unbranched alkanes of at least 4 members (excludes halogenated alkanes) is 1. The second-order valence-corrected chi connectivity index (χ2v) is 6.83. The van der Waals surface area contributed by atoms with Gasteiger partial charge >= 0.3 is 0 Å². The number of hydrogen-bond acceptors (Lipinski definition) is 3. The summed E-state index contributed by atoms with van der Waals surface area (Å²) in [5, 5.41) is 6.85. The van der Waals surface area contributed by atoms with Crippen molar-refractivity contribution >= 4 is 41.7 Å². The van der Waals surface area contributed by atoms with Crippen molar-refractivity contribution in [1.82, 2.24) is 10.6 Å². The lowest BCUT2D eigenvalue weighted by Gasteiger charge is -2.12. The van der Waals surface area contributed by atoms with Crippen molar-refractivity contribution in [3.8, 4) is 0 Å². The van der Waals surface area contributed by atoms with E-state index in [9.17, 15) is 0 Å². The minimum Gasteiger partial charge on any atom is -0.469 e. The van der Waals surface area contributed by atoms with E-state index in [0.29, 0.717) is 0 Å². The smallest absolute Gasteiger partial charge is 0.191 e. The van der Waals surface area contributed by atoms with E-state index < -0.39 is 0 Å². The monoisotopic (exact) mass is 487 g/mol. The summed E-state index contributed by atoms with van der Waals surface area (Å²) < 4.78 is 5.38. The van der Waals surface area contributed by atoms with Crippen LogP contribution in [0.2, 0.25) is 0 Å². The first kappa shape index (κ1) is 22.9. The fourth-order valence-electron chi connectivity index (χ4n) is 2.45. The van der Waals surface area contributed by atoms with E-state index in [1.165, 1.54) is 17.7 Å². The van der Waals surface area contributed by atoms with Crippen LogP contribution >= 0.6 is 35.7 Å². The van der Waals surface area contributed by atoms with Crippen molar-refractivity contribution < 1.29 is 4.42 Å². The Bertz CT molecular complexity index is 590. The molecule has 4 nitrogen and oxygen atoms in total. The van der Waals surface area contributed by atoms with Gasteiger partial charge in [-0.2, -0.15) is 11.8 Å². The molecule has 2 aromatic rings. The van der Waals surface area contributed by atoms with E-state index in [2.05, 4.69) is 47.2 Å². The Morgan fingerprint density at radius 2 is 1.77 bits per heavy atom. The normalized spacial score (nSPS) is 11.0. The average molecular weight is 487 g/mol. The number of guanidine groups is 1. The second-order valence-electron chi connectivity index (χ2n) is 5.85. The van der Waals surface area contributed by atoms with E-state index >= 15 is 0 Å². The van der Waals surface area contributed by atoms with Crippen molar-refractivity contribution in [2.24, 2.45) is 4.99 Å². The van der Waals surface area contributed by atoms with Gasteiger partial charge in [0.15, 0.2) is 5.96 Å². The molecule has 0 unspecified atom stereocenters. The number of hydrogen-bond donors (Lipinski definition) is 2. The number of benzene rings is 1. The molecular weight excluding hydrogens is 457 g/mol. The molecule has 0 saturated heterocycles. The van der Waals surface area contributed by atoms with Crippen LogP contribution in [0.1, 0.15) is 24.2 Å². The van der Waals surface area contributed by atoms with E-state index in [0.717, 1.165) is 50.6 Å². The molecule has 0 aliphatic carbocycles. The first-order chi connectivity index (χ1) is 12.4. The Morgan fingerprint density at radius 3 is 2.46 bits per heavy atom. The number of nitrogens with zero attached hydrogens (tertiary/aromatic N) is 1. The molecule has 2 N–H and O–H groups in total. The van der Waals surface area contributed by atoms with E-state index in [1.807, 2.05) is 23.9 Å². The number of nitrogens with one attached hydrogen (secondary N) is 2. The highest BCUT2D eigenvalue weighted by molar-refractivity contribution is 14.0. The summed E-state index contributed by atoms with van der Waals surface area (Å²) in [6.07, 6.45) is 8.06. The van der Waals surface area contributed by atoms with Crippen molar-refractivity contribution in [2.75, 3.05) is 31.6 Å². The molecule has 0 atom stereocenters. The first-order valence-corrected chi connectivity index (χ1v) is 10.4. The van der Waals surface area contributed by atoms with Crippen LogP contribution in [-0.4, -0.2) is 37.6 Å². The van der Waals surface area contributed by atoms with Crippen molar-refractivity contribution in [2.45, 2.75) is 25.7 Å². The van der Waals surface area contributed by atoms with Gasteiger partial charge < -0.3 is 15.1 Å². The van der Waals surface area contributed by atoms with Crippen LogP contribution in [0.15, 0.2) is 58.1 Å². The van der Waals surface area contributed by atoms with Crippen molar-refractivity contribution in [1.29, 1.82) is 0 Å². The van der Waals surface area contributed by atoms with Crippen LogP contribution in [0.25, 0.3) is 0 Å². The number of rotatable bonds is 11. The summed E-state index contributed by atoms with van der Waals surface area (Å²) in [7, 11) is 0. The highest BCUT2D eigenvalue weighted by Crippen LogP contribution is 2.01. The Balaban J connectivity index is 0.00000338. The Morgan fingerprint density at radius 1 is 1.00 bits per heavy atom. The molecule has 0 aliphatic rings. The first-order valence-electron chi connectivity index (χ1n) is 8.96. The average Bonchev–Trinajstić information content (AvgIpc) is 3.15. The Hall–Kier alpha value is -1.15. The van der Waals surface area contributed by atoms with Crippen LogP contribution in [0.3, 0.4) is 0 Å². The largest absolute Gasteiger partial charge is 0.469 e. The maximum atomic E-state index is 5.38. The number of aliphatic imine (C=N–C) groups is 1. The zero-order valence-corrected chi connectivity index (χ0v) is 18.6. The number of thioether (sulfide) groups is 1. The Kier molecular flexibility index (Phi) is 13.2. The molecule has 0 aliphatic heterocycles. The molecule has 26 heavy (non-hydrogen) atoms. The molecule has 0 spiro atoms. The lowest BCUT2D eigenvalue weighted by molar-refractivity contribution is 0.506. The van der Waals surface area contributed by atoms with E-state index in [1.54, 1.807) is 6.26 Å². The number of furan rings is 1. The lowest BCUT2D eigenvalue weighted by Crippen LogP contribution is -2.39. The molecule has 6 heteroatoms. The third-order valence-corrected chi connectivity index (χ3v) is 4.52. The van der Waals surface area contributed by atoms with Gasteiger partial charge in [-0.3, -0.25) is 4.99 Å². The maximum absolute atomic E-state index is 5.38. The van der Waals surface area contributed by atoms with Gasteiger partial charge in [0, 0.05) is 26.1 Å². The van der Waals surface area contributed by atoms with E-state index in [-0.39, 0.29) is 24.0 Å². The highest BCUT2D eigenvalue weighted by atomic mass is 127. The van der Waals surface area contributed by atoms with Gasteiger partial charge in [0.1, 0.15) is 5.76 Å². The predicted molar refractivity (Wildman–Crippen MR) is 124 cm³/mol. The highest BCUT2D eigenvalue weighted by Gasteiger charge is 2.01. The van der Waals surface area contributed by atoms with Gasteiger partial charge in [-0.15, -0.1) is 24.0 Å². The predicted octanol–water partition coefficient (Wildman–Crippen LogP) is 4.36. The van der Waals surface area contributed by atoms with Crippen LogP contribution in [0.4, 0.5) is 0 Å². The second kappa shape index (κ2) is 15.0. The van der Waals surface area contributed by atoms with Gasteiger partial charge in [0.2, 0.25) is 0 Å². The SMILES string of the molecule is CSCCCCN=C(NCCc1ccccc1)NCCc1ccco1.I.